The van der Waals surface area contributed by atoms with Crippen LogP contribution in [0.3, 0.4) is 0 Å². The van der Waals surface area contributed by atoms with Crippen LogP contribution in [-0.4, -0.2) is 43.9 Å². The summed E-state index contributed by atoms with van der Waals surface area (Å²) in [5, 5.41) is -0.248. The van der Waals surface area contributed by atoms with Crippen molar-refractivity contribution < 1.29 is 23.8 Å². The summed E-state index contributed by atoms with van der Waals surface area (Å²) >= 11 is 0.930. The van der Waals surface area contributed by atoms with Gasteiger partial charge in [0.05, 0.1) is 26.2 Å². The first-order valence-electron chi connectivity index (χ1n) is 7.11. The average molecular weight is 337 g/mol. The topological polar surface area (TPSA) is 65.1 Å². The highest BCUT2D eigenvalue weighted by atomic mass is 32.2. The maximum atomic E-state index is 12.3. The third-order valence-corrected chi connectivity index (χ3v) is 4.25. The van der Waals surface area contributed by atoms with Gasteiger partial charge >= 0.3 is 0 Å². The van der Waals surface area contributed by atoms with E-state index in [0.717, 1.165) is 18.2 Å². The lowest BCUT2D eigenvalue weighted by Gasteiger charge is -2.12. The van der Waals surface area contributed by atoms with E-state index in [1.807, 2.05) is 6.92 Å². The van der Waals surface area contributed by atoms with Crippen molar-refractivity contribution in [3.05, 3.63) is 22.6 Å². The van der Waals surface area contributed by atoms with Gasteiger partial charge in [0.2, 0.25) is 0 Å². The number of ether oxygens (including phenoxy) is 3. The highest BCUT2D eigenvalue weighted by molar-refractivity contribution is 8.18. The van der Waals surface area contributed by atoms with E-state index < -0.39 is 0 Å². The molecule has 1 aliphatic heterocycles. The standard InChI is InChI=1S/C16H19NO5S/c1-5-6-17-15(18)14(23-16(17)19)8-10-7-12(21-3)13(22-4)9-11(10)20-2/h7-9H,5-6H2,1-4H3/b14-8+. The molecule has 0 unspecified atom stereocenters. The number of amides is 2. The van der Waals surface area contributed by atoms with E-state index in [9.17, 15) is 9.59 Å². The number of nitrogens with zero attached hydrogens (tertiary/aromatic N) is 1. The number of thioether (sulfide) groups is 1. The van der Waals surface area contributed by atoms with Gasteiger partial charge in [0.15, 0.2) is 11.5 Å². The average Bonchev–Trinajstić information content (AvgIpc) is 2.82. The van der Waals surface area contributed by atoms with Crippen molar-refractivity contribution in [2.75, 3.05) is 27.9 Å². The number of imide groups is 1. The van der Waals surface area contributed by atoms with Gasteiger partial charge in [-0.3, -0.25) is 14.5 Å². The van der Waals surface area contributed by atoms with Crippen LogP contribution in [0, 0.1) is 0 Å². The SMILES string of the molecule is CCCN1C(=O)S/C(=C/c2cc(OC)c(OC)cc2OC)C1=O. The van der Waals surface area contributed by atoms with Gasteiger partial charge in [0.1, 0.15) is 5.75 Å². The first kappa shape index (κ1) is 17.2. The van der Waals surface area contributed by atoms with Gasteiger partial charge in [-0.15, -0.1) is 0 Å². The molecule has 1 saturated heterocycles. The van der Waals surface area contributed by atoms with E-state index in [1.165, 1.54) is 26.2 Å². The Morgan fingerprint density at radius 1 is 1.04 bits per heavy atom. The van der Waals surface area contributed by atoms with Crippen LogP contribution in [0.25, 0.3) is 6.08 Å². The van der Waals surface area contributed by atoms with Gasteiger partial charge < -0.3 is 14.2 Å². The highest BCUT2D eigenvalue weighted by Gasteiger charge is 2.34. The van der Waals surface area contributed by atoms with Crippen LogP contribution in [0.15, 0.2) is 17.0 Å². The van der Waals surface area contributed by atoms with Crippen LogP contribution in [0.5, 0.6) is 17.2 Å². The minimum atomic E-state index is -0.279. The second-order valence-electron chi connectivity index (χ2n) is 4.78. The second kappa shape index (κ2) is 7.41. The minimum Gasteiger partial charge on any atom is -0.496 e. The molecule has 7 heteroatoms. The number of carbonyl (C=O) groups is 2. The largest absolute Gasteiger partial charge is 0.496 e. The summed E-state index contributed by atoms with van der Waals surface area (Å²) in [6, 6.07) is 3.40. The maximum absolute atomic E-state index is 12.3. The molecule has 0 aromatic heterocycles. The van der Waals surface area contributed by atoms with Crippen molar-refractivity contribution in [1.82, 2.24) is 4.90 Å². The fourth-order valence-electron chi connectivity index (χ4n) is 2.22. The normalized spacial score (nSPS) is 16.2. The van der Waals surface area contributed by atoms with Crippen LogP contribution in [0.2, 0.25) is 0 Å². The van der Waals surface area contributed by atoms with Gasteiger partial charge in [0.25, 0.3) is 11.1 Å². The van der Waals surface area contributed by atoms with Crippen LogP contribution in [0.1, 0.15) is 18.9 Å². The lowest BCUT2D eigenvalue weighted by atomic mass is 10.1. The zero-order valence-electron chi connectivity index (χ0n) is 13.5. The molecule has 1 heterocycles. The molecule has 0 radical (unpaired) electrons. The summed E-state index contributed by atoms with van der Waals surface area (Å²) in [6.45, 7) is 2.34. The maximum Gasteiger partial charge on any atom is 0.293 e. The lowest BCUT2D eigenvalue weighted by Crippen LogP contribution is -2.28. The molecule has 1 aromatic carbocycles. The molecular weight excluding hydrogens is 318 g/mol. The first-order valence-corrected chi connectivity index (χ1v) is 7.92. The smallest absolute Gasteiger partial charge is 0.293 e. The van der Waals surface area contributed by atoms with Crippen molar-refractivity contribution in [2.24, 2.45) is 0 Å². The van der Waals surface area contributed by atoms with E-state index in [2.05, 4.69) is 0 Å². The molecule has 6 nitrogen and oxygen atoms in total. The third kappa shape index (κ3) is 3.44. The van der Waals surface area contributed by atoms with Crippen molar-refractivity contribution in [3.8, 4) is 17.2 Å². The Kier molecular flexibility index (Phi) is 5.54. The van der Waals surface area contributed by atoms with Crippen LogP contribution >= 0.6 is 11.8 Å². The van der Waals surface area contributed by atoms with E-state index in [0.29, 0.717) is 34.3 Å². The molecule has 0 N–H and O–H groups in total. The first-order chi connectivity index (χ1) is 11.0. The molecule has 2 amide bonds. The molecular formula is C16H19NO5S. The zero-order chi connectivity index (χ0) is 17.0. The predicted octanol–water partition coefficient (Wildman–Crippen LogP) is 3.16. The summed E-state index contributed by atoms with van der Waals surface area (Å²) in [5.41, 5.74) is 0.646. The van der Waals surface area contributed by atoms with Crippen molar-refractivity contribution in [2.45, 2.75) is 13.3 Å². The van der Waals surface area contributed by atoms with Gasteiger partial charge in [-0.05, 0) is 30.3 Å². The number of benzene rings is 1. The van der Waals surface area contributed by atoms with Crippen LogP contribution in [-0.2, 0) is 4.79 Å². The van der Waals surface area contributed by atoms with E-state index in [-0.39, 0.29) is 11.1 Å². The summed E-state index contributed by atoms with van der Waals surface area (Å²) in [7, 11) is 4.59. The molecule has 0 aliphatic carbocycles. The Bertz CT molecular complexity index is 656. The molecule has 0 atom stereocenters. The summed E-state index contributed by atoms with van der Waals surface area (Å²) < 4.78 is 15.8. The van der Waals surface area contributed by atoms with Crippen molar-refractivity contribution in [3.63, 3.8) is 0 Å². The molecule has 0 saturated carbocycles. The number of hydrogen-bond donors (Lipinski definition) is 0. The fraction of sp³-hybridized carbons (Fsp3) is 0.375. The quantitative estimate of drug-likeness (QED) is 0.743. The Labute approximate surface area is 139 Å². The lowest BCUT2D eigenvalue weighted by molar-refractivity contribution is -0.122. The number of rotatable bonds is 6. The molecule has 1 aromatic rings. The Morgan fingerprint density at radius 2 is 1.65 bits per heavy atom. The molecule has 1 fully saturated rings. The Morgan fingerprint density at radius 3 is 2.22 bits per heavy atom. The summed E-state index contributed by atoms with van der Waals surface area (Å²) in [6.07, 6.45) is 2.37. The van der Waals surface area contributed by atoms with Gasteiger partial charge in [-0.2, -0.15) is 0 Å². The number of carbonyl (C=O) groups excluding carboxylic acids is 2. The van der Waals surface area contributed by atoms with Crippen molar-refractivity contribution in [1.29, 1.82) is 0 Å². The minimum absolute atomic E-state index is 0.248. The summed E-state index contributed by atoms with van der Waals surface area (Å²) in [5.74, 6) is 1.30. The Balaban J connectivity index is 2.42. The molecule has 0 spiro atoms. The van der Waals surface area contributed by atoms with Gasteiger partial charge in [-0.25, -0.2) is 0 Å². The van der Waals surface area contributed by atoms with Gasteiger partial charge in [-0.1, -0.05) is 6.92 Å². The molecule has 2 rings (SSSR count). The van der Waals surface area contributed by atoms with Crippen LogP contribution < -0.4 is 14.2 Å². The zero-order valence-corrected chi connectivity index (χ0v) is 14.4. The molecule has 23 heavy (non-hydrogen) atoms. The Hall–Kier alpha value is -2.15. The van der Waals surface area contributed by atoms with E-state index in [1.54, 1.807) is 18.2 Å². The van der Waals surface area contributed by atoms with Gasteiger partial charge in [0, 0.05) is 18.2 Å². The molecule has 0 bridgehead atoms. The third-order valence-electron chi connectivity index (χ3n) is 3.34. The second-order valence-corrected chi connectivity index (χ2v) is 5.78. The summed E-state index contributed by atoms with van der Waals surface area (Å²) in [4.78, 5) is 25.8. The number of methoxy groups -OCH3 is 3. The number of hydrogen-bond acceptors (Lipinski definition) is 6. The highest BCUT2D eigenvalue weighted by Crippen LogP contribution is 2.38. The van der Waals surface area contributed by atoms with Crippen LogP contribution in [0.4, 0.5) is 4.79 Å². The van der Waals surface area contributed by atoms with Crippen molar-refractivity contribution >= 4 is 29.0 Å². The fourth-order valence-corrected chi connectivity index (χ4v) is 3.08. The van der Waals surface area contributed by atoms with E-state index >= 15 is 0 Å². The van der Waals surface area contributed by atoms with E-state index in [4.69, 9.17) is 14.2 Å². The predicted molar refractivity (Wildman–Crippen MR) is 89.1 cm³/mol. The monoisotopic (exact) mass is 337 g/mol. The molecule has 1 aliphatic rings. The molecule has 124 valence electrons.